The zero-order valence-electron chi connectivity index (χ0n) is 16.8. The van der Waals surface area contributed by atoms with Crippen LogP contribution in [0.25, 0.3) is 0 Å². The van der Waals surface area contributed by atoms with E-state index in [1.807, 2.05) is 4.90 Å². The molecule has 2 heterocycles. The molecule has 0 radical (unpaired) electrons. The van der Waals surface area contributed by atoms with Crippen molar-refractivity contribution in [2.45, 2.75) is 49.5 Å². The Morgan fingerprint density at radius 1 is 1.00 bits per heavy atom. The van der Waals surface area contributed by atoms with Gasteiger partial charge < -0.3 is 14.4 Å². The molecule has 1 aromatic carbocycles. The molecular weight excluding hydrogens is 392 g/mol. The molecule has 2 atom stereocenters. The molecule has 160 valence electrons. The molecule has 2 aliphatic heterocycles. The van der Waals surface area contributed by atoms with Crippen LogP contribution in [-0.2, 0) is 19.6 Å². The summed E-state index contributed by atoms with van der Waals surface area (Å²) in [5, 5.41) is 0. The number of ether oxygens (including phenoxy) is 2. The lowest BCUT2D eigenvalue weighted by atomic mass is 9.78. The van der Waals surface area contributed by atoms with Gasteiger partial charge in [0, 0.05) is 25.7 Å². The summed E-state index contributed by atoms with van der Waals surface area (Å²) in [5.41, 5.74) is 0. The van der Waals surface area contributed by atoms with Gasteiger partial charge in [-0.25, -0.2) is 8.42 Å². The van der Waals surface area contributed by atoms with Crippen molar-refractivity contribution < 1.29 is 22.7 Å². The second kappa shape index (κ2) is 9.02. The predicted molar refractivity (Wildman–Crippen MR) is 108 cm³/mol. The van der Waals surface area contributed by atoms with Crippen molar-refractivity contribution in [2.75, 3.05) is 39.5 Å². The highest BCUT2D eigenvalue weighted by Crippen LogP contribution is 2.35. The number of nitrogens with zero attached hydrogens (tertiary/aromatic N) is 2. The molecule has 2 saturated heterocycles. The lowest BCUT2D eigenvalue weighted by Crippen LogP contribution is -2.51. The molecule has 1 aromatic rings. The van der Waals surface area contributed by atoms with Crippen LogP contribution in [0.5, 0.6) is 5.75 Å². The van der Waals surface area contributed by atoms with E-state index in [-0.39, 0.29) is 17.4 Å². The van der Waals surface area contributed by atoms with Crippen LogP contribution < -0.4 is 4.74 Å². The van der Waals surface area contributed by atoms with Crippen LogP contribution in [0.15, 0.2) is 29.2 Å². The number of piperidine rings is 1. The molecule has 4 rings (SSSR count). The van der Waals surface area contributed by atoms with E-state index in [2.05, 4.69) is 0 Å². The van der Waals surface area contributed by atoms with Gasteiger partial charge in [-0.05, 0) is 55.9 Å². The fraction of sp³-hybridized carbons (Fsp3) is 0.667. The van der Waals surface area contributed by atoms with Crippen LogP contribution in [0.2, 0.25) is 0 Å². The number of sulfonamides is 1. The first-order valence-electron chi connectivity index (χ1n) is 10.7. The Kier molecular flexibility index (Phi) is 6.41. The number of carbonyl (C=O) groups excluding carboxylic acids is 1. The lowest BCUT2D eigenvalue weighted by Gasteiger charge is -2.44. The Bertz CT molecular complexity index is 803. The Hall–Kier alpha value is -1.64. The Balaban J connectivity index is 1.34. The van der Waals surface area contributed by atoms with Crippen molar-refractivity contribution in [3.8, 4) is 5.75 Å². The summed E-state index contributed by atoms with van der Waals surface area (Å²) in [5.74, 6) is 1.19. The maximum Gasteiger partial charge on any atom is 0.260 e. The molecule has 3 fully saturated rings. The zero-order chi connectivity index (χ0) is 20.3. The first kappa shape index (κ1) is 20.6. The third-order valence-corrected chi connectivity index (χ3v) is 8.27. The molecule has 29 heavy (non-hydrogen) atoms. The van der Waals surface area contributed by atoms with Crippen LogP contribution >= 0.6 is 0 Å². The summed E-state index contributed by atoms with van der Waals surface area (Å²) < 4.78 is 37.7. The second-order valence-electron chi connectivity index (χ2n) is 8.12. The molecule has 8 heteroatoms. The average molecular weight is 423 g/mol. The van der Waals surface area contributed by atoms with Gasteiger partial charge in [0.15, 0.2) is 6.61 Å². The summed E-state index contributed by atoms with van der Waals surface area (Å²) in [6.07, 6.45) is 7.11. The van der Waals surface area contributed by atoms with Gasteiger partial charge in [0.05, 0.1) is 18.1 Å². The van der Waals surface area contributed by atoms with Gasteiger partial charge in [0.2, 0.25) is 10.0 Å². The first-order chi connectivity index (χ1) is 14.1. The van der Waals surface area contributed by atoms with Crippen molar-refractivity contribution in [3.63, 3.8) is 0 Å². The number of amides is 1. The number of morpholine rings is 1. The van der Waals surface area contributed by atoms with E-state index in [1.165, 1.54) is 30.0 Å². The number of hydrogen-bond acceptors (Lipinski definition) is 5. The monoisotopic (exact) mass is 422 g/mol. The quantitative estimate of drug-likeness (QED) is 0.728. The van der Waals surface area contributed by atoms with Gasteiger partial charge >= 0.3 is 0 Å². The number of hydrogen-bond donors (Lipinski definition) is 0. The molecule has 0 aromatic heterocycles. The van der Waals surface area contributed by atoms with E-state index in [0.717, 1.165) is 19.4 Å². The molecule has 7 nitrogen and oxygen atoms in total. The summed E-state index contributed by atoms with van der Waals surface area (Å²) in [6.45, 7) is 2.39. The van der Waals surface area contributed by atoms with E-state index in [4.69, 9.17) is 9.47 Å². The molecule has 1 aliphatic carbocycles. The van der Waals surface area contributed by atoms with Crippen molar-refractivity contribution >= 4 is 15.9 Å². The summed E-state index contributed by atoms with van der Waals surface area (Å²) in [4.78, 5) is 15.0. The Morgan fingerprint density at radius 2 is 1.69 bits per heavy atom. The zero-order valence-corrected chi connectivity index (χ0v) is 17.6. The van der Waals surface area contributed by atoms with E-state index in [1.54, 1.807) is 24.3 Å². The standard InChI is InChI=1S/C21H30N2O5S/c24-21(23-11-3-5-17-4-1-2-6-20(17)23)16-28-18-7-9-19(10-8-18)29(25,26)22-12-14-27-15-13-22/h7-10,17,20H,1-6,11-16H2/t17-,20+/m1/s1. The van der Waals surface area contributed by atoms with Crippen LogP contribution in [0.3, 0.4) is 0 Å². The highest BCUT2D eigenvalue weighted by atomic mass is 32.2. The molecule has 1 saturated carbocycles. The third-order valence-electron chi connectivity index (χ3n) is 6.36. The largest absolute Gasteiger partial charge is 0.484 e. The minimum Gasteiger partial charge on any atom is -0.484 e. The number of carbonyl (C=O) groups is 1. The van der Waals surface area contributed by atoms with E-state index >= 15 is 0 Å². The molecule has 0 spiro atoms. The smallest absolute Gasteiger partial charge is 0.260 e. The number of fused-ring (bicyclic) bond motifs is 1. The van der Waals surface area contributed by atoms with Crippen LogP contribution in [0.4, 0.5) is 0 Å². The van der Waals surface area contributed by atoms with E-state index in [9.17, 15) is 13.2 Å². The summed E-state index contributed by atoms with van der Waals surface area (Å²) in [7, 11) is -3.52. The highest BCUT2D eigenvalue weighted by Gasteiger charge is 2.35. The number of benzene rings is 1. The summed E-state index contributed by atoms with van der Waals surface area (Å²) in [6, 6.07) is 6.71. The minimum atomic E-state index is -3.52. The topological polar surface area (TPSA) is 76.2 Å². The van der Waals surface area contributed by atoms with Gasteiger partial charge in [0.1, 0.15) is 5.75 Å². The first-order valence-corrected chi connectivity index (χ1v) is 12.1. The SMILES string of the molecule is O=C(COc1ccc(S(=O)(=O)N2CCOCC2)cc1)N1CCC[C@H]2CCCC[C@@H]21. The third kappa shape index (κ3) is 4.59. The minimum absolute atomic E-state index is 0.00121. The van der Waals surface area contributed by atoms with Crippen molar-refractivity contribution in [3.05, 3.63) is 24.3 Å². The highest BCUT2D eigenvalue weighted by molar-refractivity contribution is 7.89. The molecule has 0 N–H and O–H groups in total. The maximum absolute atomic E-state index is 12.7. The predicted octanol–water partition coefficient (Wildman–Crippen LogP) is 2.27. The molecule has 1 amide bonds. The van der Waals surface area contributed by atoms with Crippen molar-refractivity contribution in [2.24, 2.45) is 5.92 Å². The Labute approximate surface area is 173 Å². The summed E-state index contributed by atoms with van der Waals surface area (Å²) >= 11 is 0. The average Bonchev–Trinajstić information content (AvgIpc) is 2.78. The van der Waals surface area contributed by atoms with Crippen LogP contribution in [0, 0.1) is 5.92 Å². The number of likely N-dealkylation sites (tertiary alicyclic amines) is 1. The fourth-order valence-electron chi connectivity index (χ4n) is 4.81. The second-order valence-corrected chi connectivity index (χ2v) is 10.1. The van der Waals surface area contributed by atoms with Gasteiger partial charge in [-0.2, -0.15) is 4.31 Å². The van der Waals surface area contributed by atoms with E-state index in [0.29, 0.717) is 44.0 Å². The normalized spacial score (nSPS) is 26.0. The Morgan fingerprint density at radius 3 is 2.45 bits per heavy atom. The molecule has 0 bridgehead atoms. The van der Waals surface area contributed by atoms with Gasteiger partial charge in [0.25, 0.3) is 5.91 Å². The molecule has 3 aliphatic rings. The molecule has 0 unspecified atom stereocenters. The maximum atomic E-state index is 12.7. The fourth-order valence-corrected chi connectivity index (χ4v) is 6.21. The van der Waals surface area contributed by atoms with Gasteiger partial charge in [-0.1, -0.05) is 12.8 Å². The molecular formula is C21H30N2O5S. The number of rotatable bonds is 5. The lowest BCUT2D eigenvalue weighted by molar-refractivity contribution is -0.139. The van der Waals surface area contributed by atoms with E-state index < -0.39 is 10.0 Å². The van der Waals surface area contributed by atoms with Gasteiger partial charge in [-0.3, -0.25) is 4.79 Å². The van der Waals surface area contributed by atoms with Crippen molar-refractivity contribution in [1.29, 1.82) is 0 Å². The van der Waals surface area contributed by atoms with Crippen molar-refractivity contribution in [1.82, 2.24) is 9.21 Å². The van der Waals surface area contributed by atoms with Crippen LogP contribution in [0.1, 0.15) is 38.5 Å². The van der Waals surface area contributed by atoms with Gasteiger partial charge in [-0.15, -0.1) is 0 Å². The van der Waals surface area contributed by atoms with Crippen LogP contribution in [-0.4, -0.2) is 69.0 Å².